The maximum Gasteiger partial charge on any atom is 0.234 e. The highest BCUT2D eigenvalue weighted by Gasteiger charge is 2.22. The Morgan fingerprint density at radius 1 is 1.19 bits per heavy atom. The Hall–Kier alpha value is -2.84. The summed E-state index contributed by atoms with van der Waals surface area (Å²) in [6, 6.07) is 16.1. The Kier molecular flexibility index (Phi) is 8.30. The average Bonchev–Trinajstić information content (AvgIpc) is 3.15. The van der Waals surface area contributed by atoms with Gasteiger partial charge in [-0.1, -0.05) is 55.1 Å². The molecule has 0 aliphatic rings. The van der Waals surface area contributed by atoms with Crippen LogP contribution in [-0.4, -0.2) is 52.5 Å². The summed E-state index contributed by atoms with van der Waals surface area (Å²) in [5.41, 5.74) is 2.89. The molecule has 32 heavy (non-hydrogen) atoms. The van der Waals surface area contributed by atoms with Crippen LogP contribution >= 0.6 is 11.8 Å². The first kappa shape index (κ1) is 23.8. The van der Waals surface area contributed by atoms with Gasteiger partial charge in [0, 0.05) is 0 Å². The van der Waals surface area contributed by atoms with Crippen molar-refractivity contribution in [1.29, 1.82) is 0 Å². The number of ether oxygens (including phenoxy) is 1. The molecule has 0 aliphatic carbocycles. The fourth-order valence-electron chi connectivity index (χ4n) is 3.58. The van der Waals surface area contributed by atoms with Crippen molar-refractivity contribution in [3.05, 3.63) is 65.5 Å². The van der Waals surface area contributed by atoms with Crippen LogP contribution in [-0.2, 0) is 11.3 Å². The van der Waals surface area contributed by atoms with Gasteiger partial charge in [0.05, 0.1) is 31.1 Å². The number of rotatable bonds is 10. The molecule has 0 radical (unpaired) electrons. The molecule has 1 amide bonds. The van der Waals surface area contributed by atoms with Gasteiger partial charge in [-0.15, -0.1) is 10.2 Å². The molecule has 7 nitrogen and oxygen atoms in total. The van der Waals surface area contributed by atoms with E-state index in [9.17, 15) is 4.79 Å². The zero-order valence-electron chi connectivity index (χ0n) is 19.3. The number of aromatic nitrogens is 3. The van der Waals surface area contributed by atoms with Crippen LogP contribution in [0.3, 0.4) is 0 Å². The lowest BCUT2D eigenvalue weighted by Gasteiger charge is -2.23. The number of hydrogen-bond donors (Lipinski definition) is 1. The fourth-order valence-corrected chi connectivity index (χ4v) is 4.33. The summed E-state index contributed by atoms with van der Waals surface area (Å²) in [5.74, 6) is 1.65. The largest absolute Gasteiger partial charge is 0.495 e. The van der Waals surface area contributed by atoms with Crippen molar-refractivity contribution >= 4 is 23.4 Å². The molecule has 0 saturated carbocycles. The SMILES string of the molecule is CC[C@@H](c1nnc(SCC(=O)Nc2cc(C)ccc2OC)n1Cc1ccccc1)N(C)C. The second-order valence-electron chi connectivity index (χ2n) is 7.84. The van der Waals surface area contributed by atoms with Crippen molar-refractivity contribution in [2.24, 2.45) is 0 Å². The summed E-state index contributed by atoms with van der Waals surface area (Å²) in [5, 5.41) is 12.6. The lowest BCUT2D eigenvalue weighted by atomic mass is 10.2. The van der Waals surface area contributed by atoms with Crippen LogP contribution in [0.5, 0.6) is 5.75 Å². The van der Waals surface area contributed by atoms with Gasteiger partial charge in [0.25, 0.3) is 0 Å². The van der Waals surface area contributed by atoms with E-state index < -0.39 is 0 Å². The maximum absolute atomic E-state index is 12.7. The molecule has 1 heterocycles. The molecule has 3 aromatic rings. The zero-order valence-corrected chi connectivity index (χ0v) is 20.1. The second kappa shape index (κ2) is 11.2. The summed E-state index contributed by atoms with van der Waals surface area (Å²) in [7, 11) is 5.69. The van der Waals surface area contributed by atoms with Gasteiger partial charge >= 0.3 is 0 Å². The van der Waals surface area contributed by atoms with Crippen molar-refractivity contribution < 1.29 is 9.53 Å². The molecular formula is C24H31N5O2S. The first-order chi connectivity index (χ1) is 15.4. The minimum absolute atomic E-state index is 0.116. The molecule has 1 atom stereocenters. The van der Waals surface area contributed by atoms with Gasteiger partial charge in [-0.3, -0.25) is 9.69 Å². The molecule has 0 spiro atoms. The molecule has 1 N–H and O–H groups in total. The van der Waals surface area contributed by atoms with E-state index in [2.05, 4.69) is 44.0 Å². The van der Waals surface area contributed by atoms with Crippen molar-refractivity contribution in [3.63, 3.8) is 0 Å². The van der Waals surface area contributed by atoms with Gasteiger partial charge in [-0.25, -0.2) is 0 Å². The minimum atomic E-state index is -0.116. The molecule has 170 valence electrons. The van der Waals surface area contributed by atoms with Crippen LogP contribution in [0.25, 0.3) is 0 Å². The van der Waals surface area contributed by atoms with Crippen LogP contribution in [0.2, 0.25) is 0 Å². The number of carbonyl (C=O) groups excluding carboxylic acids is 1. The smallest absolute Gasteiger partial charge is 0.234 e. The summed E-state index contributed by atoms with van der Waals surface area (Å²) in [6.45, 7) is 4.77. The van der Waals surface area contributed by atoms with E-state index in [1.165, 1.54) is 11.8 Å². The quantitative estimate of drug-likeness (QED) is 0.459. The summed E-state index contributed by atoms with van der Waals surface area (Å²) in [4.78, 5) is 14.8. The van der Waals surface area contributed by atoms with E-state index in [-0.39, 0.29) is 17.7 Å². The van der Waals surface area contributed by atoms with E-state index in [1.54, 1.807) is 7.11 Å². The Labute approximate surface area is 194 Å². The topological polar surface area (TPSA) is 72.3 Å². The Balaban J connectivity index is 1.79. The molecule has 0 aliphatic heterocycles. The van der Waals surface area contributed by atoms with Gasteiger partial charge < -0.3 is 14.6 Å². The number of hydrogen-bond acceptors (Lipinski definition) is 6. The second-order valence-corrected chi connectivity index (χ2v) is 8.78. The van der Waals surface area contributed by atoms with Gasteiger partial charge in [-0.2, -0.15) is 0 Å². The van der Waals surface area contributed by atoms with Crippen LogP contribution in [0.15, 0.2) is 53.7 Å². The maximum atomic E-state index is 12.7. The third-order valence-electron chi connectivity index (χ3n) is 5.20. The van der Waals surface area contributed by atoms with E-state index in [1.807, 2.05) is 57.4 Å². The van der Waals surface area contributed by atoms with Gasteiger partial charge in [0.15, 0.2) is 11.0 Å². The predicted octanol–water partition coefficient (Wildman–Crippen LogP) is 4.39. The van der Waals surface area contributed by atoms with Gasteiger partial charge in [0.2, 0.25) is 5.91 Å². The minimum Gasteiger partial charge on any atom is -0.495 e. The number of amides is 1. The molecule has 3 rings (SSSR count). The first-order valence-electron chi connectivity index (χ1n) is 10.6. The number of benzene rings is 2. The highest BCUT2D eigenvalue weighted by molar-refractivity contribution is 7.99. The Morgan fingerprint density at radius 2 is 1.94 bits per heavy atom. The first-order valence-corrected chi connectivity index (χ1v) is 11.6. The van der Waals surface area contributed by atoms with Crippen LogP contribution < -0.4 is 10.1 Å². The lowest BCUT2D eigenvalue weighted by Crippen LogP contribution is -2.23. The van der Waals surface area contributed by atoms with E-state index in [0.717, 1.165) is 28.5 Å². The van der Waals surface area contributed by atoms with Crippen LogP contribution in [0.1, 0.15) is 36.3 Å². The standard InChI is InChI=1S/C24H31N5O2S/c1-6-20(28(3)4)23-26-27-24(29(23)15-18-10-8-7-9-11-18)32-16-22(30)25-19-14-17(2)12-13-21(19)31-5/h7-14,20H,6,15-16H2,1-5H3,(H,25,30)/t20-/m0/s1. The number of nitrogens with one attached hydrogen (secondary N) is 1. The number of anilines is 1. The van der Waals surface area contributed by atoms with Crippen LogP contribution in [0.4, 0.5) is 5.69 Å². The van der Waals surface area contributed by atoms with Crippen LogP contribution in [0, 0.1) is 6.92 Å². The van der Waals surface area contributed by atoms with E-state index in [0.29, 0.717) is 18.0 Å². The number of methoxy groups -OCH3 is 1. The van der Waals surface area contributed by atoms with Crippen molar-refractivity contribution in [3.8, 4) is 5.75 Å². The Bertz CT molecular complexity index is 1040. The molecule has 1 aromatic heterocycles. The molecule has 8 heteroatoms. The molecule has 2 aromatic carbocycles. The van der Waals surface area contributed by atoms with E-state index in [4.69, 9.17) is 4.74 Å². The molecule has 0 saturated heterocycles. The predicted molar refractivity (Wildman–Crippen MR) is 129 cm³/mol. The number of thioether (sulfide) groups is 1. The number of carbonyl (C=O) groups is 1. The zero-order chi connectivity index (χ0) is 23.1. The number of aryl methyl sites for hydroxylation is 1. The molecule has 0 bridgehead atoms. The monoisotopic (exact) mass is 453 g/mol. The van der Waals surface area contributed by atoms with Gasteiger partial charge in [-0.05, 0) is 50.7 Å². The number of nitrogens with zero attached hydrogens (tertiary/aromatic N) is 4. The van der Waals surface area contributed by atoms with Crippen molar-refractivity contribution in [1.82, 2.24) is 19.7 Å². The fraction of sp³-hybridized carbons (Fsp3) is 0.375. The van der Waals surface area contributed by atoms with Gasteiger partial charge in [0.1, 0.15) is 5.75 Å². The van der Waals surface area contributed by atoms with Crippen molar-refractivity contribution in [2.75, 3.05) is 32.3 Å². The summed E-state index contributed by atoms with van der Waals surface area (Å²) in [6.07, 6.45) is 0.915. The third-order valence-corrected chi connectivity index (χ3v) is 6.17. The normalized spacial score (nSPS) is 12.1. The van der Waals surface area contributed by atoms with Crippen molar-refractivity contribution in [2.45, 2.75) is 38.0 Å². The summed E-state index contributed by atoms with van der Waals surface area (Å²) < 4.78 is 7.48. The Morgan fingerprint density at radius 3 is 2.59 bits per heavy atom. The molecular weight excluding hydrogens is 422 g/mol. The summed E-state index contributed by atoms with van der Waals surface area (Å²) >= 11 is 1.39. The highest BCUT2D eigenvalue weighted by Crippen LogP contribution is 2.28. The average molecular weight is 454 g/mol. The third kappa shape index (κ3) is 5.89. The van der Waals surface area contributed by atoms with E-state index >= 15 is 0 Å². The molecule has 0 unspecified atom stereocenters. The molecule has 0 fully saturated rings. The highest BCUT2D eigenvalue weighted by atomic mass is 32.2. The lowest BCUT2D eigenvalue weighted by molar-refractivity contribution is -0.113.